The molecule has 0 radical (unpaired) electrons. The summed E-state index contributed by atoms with van der Waals surface area (Å²) in [4.78, 5) is 14.1. The molecule has 1 aromatic heterocycles. The minimum absolute atomic E-state index is 0.115. The Morgan fingerprint density at radius 3 is 2.84 bits per heavy atom. The quantitative estimate of drug-likeness (QED) is 0.831. The van der Waals surface area contributed by atoms with Crippen LogP contribution in [0.25, 0.3) is 0 Å². The SMILES string of the molecule is N#Cc1cccc(C(=O)N2CCC[C@H](c3nnc(C(F)(F)F)o3)C2)c1. The summed E-state index contributed by atoms with van der Waals surface area (Å²) >= 11 is 0. The third-order valence-electron chi connectivity index (χ3n) is 3.98. The lowest BCUT2D eigenvalue weighted by Gasteiger charge is -2.31. The molecule has 0 bridgehead atoms. The normalized spacial score (nSPS) is 18.0. The van der Waals surface area contributed by atoms with Gasteiger partial charge in [-0.3, -0.25) is 4.79 Å². The number of benzene rings is 1. The zero-order valence-electron chi connectivity index (χ0n) is 13.0. The predicted molar refractivity (Wildman–Crippen MR) is 78.3 cm³/mol. The maximum atomic E-state index is 12.6. The molecule has 0 saturated carbocycles. The highest BCUT2D eigenvalue weighted by atomic mass is 19.4. The van der Waals surface area contributed by atoms with E-state index in [1.54, 1.807) is 18.2 Å². The Morgan fingerprint density at radius 2 is 2.16 bits per heavy atom. The Balaban J connectivity index is 1.75. The van der Waals surface area contributed by atoms with E-state index in [1.807, 2.05) is 6.07 Å². The number of nitrogens with zero attached hydrogens (tertiary/aromatic N) is 4. The maximum absolute atomic E-state index is 12.6. The van der Waals surface area contributed by atoms with Crippen LogP contribution in [0.4, 0.5) is 13.2 Å². The number of rotatable bonds is 2. The highest BCUT2D eigenvalue weighted by molar-refractivity contribution is 5.94. The van der Waals surface area contributed by atoms with Crippen LogP contribution in [0.3, 0.4) is 0 Å². The van der Waals surface area contributed by atoms with Gasteiger partial charge in [-0.15, -0.1) is 10.2 Å². The molecule has 1 amide bonds. The Labute approximate surface area is 140 Å². The van der Waals surface area contributed by atoms with Crippen LogP contribution in [0, 0.1) is 11.3 Å². The lowest BCUT2D eigenvalue weighted by Crippen LogP contribution is -2.39. The van der Waals surface area contributed by atoms with Crippen molar-refractivity contribution in [1.82, 2.24) is 15.1 Å². The summed E-state index contributed by atoms with van der Waals surface area (Å²) in [7, 11) is 0. The van der Waals surface area contributed by atoms with Crippen LogP contribution in [0.2, 0.25) is 0 Å². The molecule has 0 aliphatic carbocycles. The van der Waals surface area contributed by atoms with Gasteiger partial charge >= 0.3 is 12.1 Å². The lowest BCUT2D eigenvalue weighted by molar-refractivity contribution is -0.157. The molecule has 0 N–H and O–H groups in total. The minimum atomic E-state index is -4.69. The van der Waals surface area contributed by atoms with Gasteiger partial charge in [0, 0.05) is 18.7 Å². The number of aromatic nitrogens is 2. The molecule has 1 atom stereocenters. The van der Waals surface area contributed by atoms with Crippen molar-refractivity contribution in [2.75, 3.05) is 13.1 Å². The largest absolute Gasteiger partial charge is 0.470 e. The number of likely N-dealkylation sites (tertiary alicyclic amines) is 1. The van der Waals surface area contributed by atoms with E-state index in [1.165, 1.54) is 11.0 Å². The number of hydrogen-bond donors (Lipinski definition) is 0. The molecule has 1 fully saturated rings. The zero-order chi connectivity index (χ0) is 18.0. The Morgan fingerprint density at radius 1 is 1.36 bits per heavy atom. The second kappa shape index (κ2) is 6.55. The lowest BCUT2D eigenvalue weighted by atomic mass is 9.97. The Bertz CT molecular complexity index is 825. The molecular formula is C16H13F3N4O2. The van der Waals surface area contributed by atoms with Crippen LogP contribution in [0.15, 0.2) is 28.7 Å². The van der Waals surface area contributed by atoms with Gasteiger partial charge in [-0.25, -0.2) is 0 Å². The molecule has 1 aliphatic heterocycles. The van der Waals surface area contributed by atoms with Gasteiger partial charge in [-0.1, -0.05) is 6.07 Å². The van der Waals surface area contributed by atoms with Crippen LogP contribution in [0.1, 0.15) is 46.5 Å². The van der Waals surface area contributed by atoms with E-state index in [0.29, 0.717) is 30.5 Å². The fraction of sp³-hybridized carbons (Fsp3) is 0.375. The Kier molecular flexibility index (Phi) is 4.44. The molecule has 2 aromatic rings. The molecule has 1 aliphatic rings. The third-order valence-corrected chi connectivity index (χ3v) is 3.98. The number of alkyl halides is 3. The molecule has 6 nitrogen and oxygen atoms in total. The van der Waals surface area contributed by atoms with Crippen molar-refractivity contribution in [3.8, 4) is 6.07 Å². The number of piperidine rings is 1. The van der Waals surface area contributed by atoms with Crippen molar-refractivity contribution in [3.63, 3.8) is 0 Å². The van der Waals surface area contributed by atoms with Crippen molar-refractivity contribution in [2.24, 2.45) is 0 Å². The molecule has 2 heterocycles. The molecular weight excluding hydrogens is 337 g/mol. The number of nitriles is 1. The van der Waals surface area contributed by atoms with Crippen LogP contribution in [0.5, 0.6) is 0 Å². The van der Waals surface area contributed by atoms with E-state index in [2.05, 4.69) is 10.2 Å². The Hall–Kier alpha value is -2.89. The topological polar surface area (TPSA) is 83.0 Å². The molecule has 1 saturated heterocycles. The highest BCUT2D eigenvalue weighted by Crippen LogP contribution is 2.32. The van der Waals surface area contributed by atoms with Gasteiger partial charge in [0.25, 0.3) is 5.91 Å². The first-order chi connectivity index (χ1) is 11.9. The summed E-state index contributed by atoms with van der Waals surface area (Å²) in [6, 6.07) is 8.25. The summed E-state index contributed by atoms with van der Waals surface area (Å²) in [5.74, 6) is -2.22. The molecule has 1 aromatic carbocycles. The van der Waals surface area contributed by atoms with Gasteiger partial charge in [-0.2, -0.15) is 18.4 Å². The number of hydrogen-bond acceptors (Lipinski definition) is 5. The summed E-state index contributed by atoms with van der Waals surface area (Å²) in [6.07, 6.45) is -3.52. The molecule has 130 valence electrons. The summed E-state index contributed by atoms with van der Waals surface area (Å²) in [5.41, 5.74) is 0.729. The van der Waals surface area contributed by atoms with Crippen LogP contribution >= 0.6 is 0 Å². The van der Waals surface area contributed by atoms with Crippen LogP contribution in [-0.4, -0.2) is 34.1 Å². The van der Waals surface area contributed by atoms with Gasteiger partial charge in [0.15, 0.2) is 0 Å². The smallest absolute Gasteiger partial charge is 0.417 e. The fourth-order valence-corrected chi connectivity index (χ4v) is 2.78. The second-order valence-corrected chi connectivity index (χ2v) is 5.73. The van der Waals surface area contributed by atoms with E-state index in [-0.39, 0.29) is 18.3 Å². The van der Waals surface area contributed by atoms with Crippen molar-refractivity contribution in [2.45, 2.75) is 24.9 Å². The van der Waals surface area contributed by atoms with Crippen LogP contribution < -0.4 is 0 Å². The second-order valence-electron chi connectivity index (χ2n) is 5.73. The van der Waals surface area contributed by atoms with Crippen molar-refractivity contribution >= 4 is 5.91 Å². The van der Waals surface area contributed by atoms with Gasteiger partial charge < -0.3 is 9.32 Å². The first-order valence-corrected chi connectivity index (χ1v) is 7.58. The number of halogens is 3. The number of carbonyl (C=O) groups is 1. The van der Waals surface area contributed by atoms with Gasteiger partial charge in [-0.05, 0) is 31.0 Å². The minimum Gasteiger partial charge on any atom is -0.417 e. The van der Waals surface area contributed by atoms with E-state index >= 15 is 0 Å². The van der Waals surface area contributed by atoms with E-state index in [9.17, 15) is 18.0 Å². The van der Waals surface area contributed by atoms with E-state index in [0.717, 1.165) is 0 Å². The first kappa shape index (κ1) is 17.0. The number of carbonyl (C=O) groups excluding carboxylic acids is 1. The predicted octanol–water partition coefficient (Wildman–Crippen LogP) is 2.98. The van der Waals surface area contributed by atoms with Crippen LogP contribution in [-0.2, 0) is 6.18 Å². The fourth-order valence-electron chi connectivity index (χ4n) is 2.78. The van der Waals surface area contributed by atoms with Crippen molar-refractivity contribution < 1.29 is 22.4 Å². The van der Waals surface area contributed by atoms with E-state index in [4.69, 9.17) is 9.68 Å². The average Bonchev–Trinajstić information content (AvgIpc) is 3.12. The monoisotopic (exact) mass is 350 g/mol. The van der Waals surface area contributed by atoms with Gasteiger partial charge in [0.05, 0.1) is 17.6 Å². The van der Waals surface area contributed by atoms with Crippen molar-refractivity contribution in [1.29, 1.82) is 5.26 Å². The molecule has 25 heavy (non-hydrogen) atoms. The van der Waals surface area contributed by atoms with Gasteiger partial charge in [0.1, 0.15) is 0 Å². The molecule has 9 heteroatoms. The summed E-state index contributed by atoms with van der Waals surface area (Å²) < 4.78 is 42.5. The summed E-state index contributed by atoms with van der Waals surface area (Å²) in [6.45, 7) is 0.668. The molecule has 0 spiro atoms. The maximum Gasteiger partial charge on any atom is 0.470 e. The summed E-state index contributed by atoms with van der Waals surface area (Å²) in [5, 5.41) is 15.4. The third kappa shape index (κ3) is 3.63. The average molecular weight is 350 g/mol. The van der Waals surface area contributed by atoms with Gasteiger partial charge in [0.2, 0.25) is 5.89 Å². The first-order valence-electron chi connectivity index (χ1n) is 7.58. The number of amides is 1. The molecule has 0 unspecified atom stereocenters. The zero-order valence-corrected chi connectivity index (χ0v) is 13.0. The highest BCUT2D eigenvalue weighted by Gasteiger charge is 2.39. The standard InChI is InChI=1S/C16H13F3N4O2/c17-16(18,19)15-22-21-13(25-15)12-5-2-6-23(9-12)14(24)11-4-1-3-10(7-11)8-20/h1,3-4,7,12H,2,5-6,9H2/t12-/m0/s1. The van der Waals surface area contributed by atoms with E-state index < -0.39 is 18.0 Å². The van der Waals surface area contributed by atoms with Crippen molar-refractivity contribution in [3.05, 3.63) is 47.2 Å². The molecule has 3 rings (SSSR count).